The lowest BCUT2D eigenvalue weighted by Gasteiger charge is -2.17. The SMILES string of the molecule is C[C@H](COCc1ccccc1)[C@H](O)CCO. The summed E-state index contributed by atoms with van der Waals surface area (Å²) in [6.07, 6.45) is -0.0728. The van der Waals surface area contributed by atoms with Crippen LogP contribution in [0.1, 0.15) is 18.9 Å². The lowest BCUT2D eigenvalue weighted by atomic mass is 10.0. The van der Waals surface area contributed by atoms with Crippen LogP contribution in [-0.4, -0.2) is 29.5 Å². The van der Waals surface area contributed by atoms with Crippen molar-refractivity contribution < 1.29 is 14.9 Å². The summed E-state index contributed by atoms with van der Waals surface area (Å²) >= 11 is 0. The van der Waals surface area contributed by atoms with Gasteiger partial charge >= 0.3 is 0 Å². The second kappa shape index (κ2) is 7.39. The van der Waals surface area contributed by atoms with E-state index in [9.17, 15) is 5.11 Å². The molecule has 0 heterocycles. The van der Waals surface area contributed by atoms with Crippen LogP contribution >= 0.6 is 0 Å². The zero-order valence-electron chi connectivity index (χ0n) is 9.67. The van der Waals surface area contributed by atoms with Crippen LogP contribution in [0.4, 0.5) is 0 Å². The van der Waals surface area contributed by atoms with Crippen molar-refractivity contribution in [2.75, 3.05) is 13.2 Å². The zero-order valence-corrected chi connectivity index (χ0v) is 9.67. The van der Waals surface area contributed by atoms with Crippen LogP contribution in [0.25, 0.3) is 0 Å². The molecular weight excluding hydrogens is 204 g/mol. The number of hydrogen-bond donors (Lipinski definition) is 2. The average Bonchev–Trinajstić information content (AvgIpc) is 2.30. The summed E-state index contributed by atoms with van der Waals surface area (Å²) in [5.41, 5.74) is 1.13. The van der Waals surface area contributed by atoms with Crippen molar-refractivity contribution in [3.05, 3.63) is 35.9 Å². The molecule has 0 bridgehead atoms. The molecule has 0 saturated carbocycles. The molecule has 2 atom stereocenters. The number of hydrogen-bond acceptors (Lipinski definition) is 3. The molecule has 0 unspecified atom stereocenters. The predicted octanol–water partition coefficient (Wildman–Crippen LogP) is 1.58. The highest BCUT2D eigenvalue weighted by Gasteiger charge is 2.13. The maximum absolute atomic E-state index is 9.57. The van der Waals surface area contributed by atoms with Crippen molar-refractivity contribution in [2.24, 2.45) is 5.92 Å². The second-order valence-electron chi connectivity index (χ2n) is 4.06. The van der Waals surface area contributed by atoms with Gasteiger partial charge in [0.05, 0.1) is 19.3 Å². The molecule has 0 radical (unpaired) electrons. The fraction of sp³-hybridized carbons (Fsp3) is 0.538. The minimum atomic E-state index is -0.485. The molecule has 1 rings (SSSR count). The van der Waals surface area contributed by atoms with Crippen LogP contribution in [0.2, 0.25) is 0 Å². The summed E-state index contributed by atoms with van der Waals surface area (Å²) in [5.74, 6) is 0.0517. The molecule has 1 aromatic carbocycles. The van der Waals surface area contributed by atoms with Crippen LogP contribution < -0.4 is 0 Å². The van der Waals surface area contributed by atoms with Crippen molar-refractivity contribution in [1.82, 2.24) is 0 Å². The topological polar surface area (TPSA) is 49.7 Å². The van der Waals surface area contributed by atoms with E-state index in [-0.39, 0.29) is 12.5 Å². The molecule has 0 spiro atoms. The maximum Gasteiger partial charge on any atom is 0.0717 e. The van der Waals surface area contributed by atoms with E-state index >= 15 is 0 Å². The van der Waals surface area contributed by atoms with Gasteiger partial charge in [-0.1, -0.05) is 37.3 Å². The quantitative estimate of drug-likeness (QED) is 0.739. The zero-order chi connectivity index (χ0) is 11.8. The summed E-state index contributed by atoms with van der Waals surface area (Å²) < 4.78 is 5.51. The van der Waals surface area contributed by atoms with Crippen molar-refractivity contribution in [2.45, 2.75) is 26.1 Å². The highest BCUT2D eigenvalue weighted by molar-refractivity contribution is 5.13. The molecule has 0 saturated heterocycles. The van der Waals surface area contributed by atoms with E-state index in [1.807, 2.05) is 37.3 Å². The minimum absolute atomic E-state index is 0.0180. The molecular formula is C13H20O3. The summed E-state index contributed by atoms with van der Waals surface area (Å²) in [4.78, 5) is 0. The van der Waals surface area contributed by atoms with Crippen molar-refractivity contribution in [1.29, 1.82) is 0 Å². The third kappa shape index (κ3) is 4.75. The first-order chi connectivity index (χ1) is 7.74. The molecule has 3 nitrogen and oxygen atoms in total. The van der Waals surface area contributed by atoms with Gasteiger partial charge < -0.3 is 14.9 Å². The van der Waals surface area contributed by atoms with Gasteiger partial charge in [-0.3, -0.25) is 0 Å². The Bertz CT molecular complexity index is 274. The van der Waals surface area contributed by atoms with Gasteiger partial charge in [0.15, 0.2) is 0 Å². The fourth-order valence-electron chi connectivity index (χ4n) is 1.46. The molecule has 0 aliphatic rings. The van der Waals surface area contributed by atoms with Gasteiger partial charge in [0.1, 0.15) is 0 Å². The molecule has 0 aromatic heterocycles. The van der Waals surface area contributed by atoms with Gasteiger partial charge in [-0.2, -0.15) is 0 Å². The number of benzene rings is 1. The molecule has 0 aliphatic heterocycles. The first kappa shape index (κ1) is 13.2. The minimum Gasteiger partial charge on any atom is -0.396 e. The third-order valence-electron chi connectivity index (χ3n) is 2.57. The Labute approximate surface area is 96.7 Å². The molecule has 90 valence electrons. The summed E-state index contributed by atoms with van der Waals surface area (Å²) in [7, 11) is 0. The van der Waals surface area contributed by atoms with Gasteiger partial charge in [-0.15, -0.1) is 0 Å². The van der Waals surface area contributed by atoms with E-state index in [0.717, 1.165) is 5.56 Å². The van der Waals surface area contributed by atoms with E-state index in [0.29, 0.717) is 19.6 Å². The van der Waals surface area contributed by atoms with E-state index in [1.165, 1.54) is 0 Å². The molecule has 2 N–H and O–H groups in total. The van der Waals surface area contributed by atoms with Crippen LogP contribution in [-0.2, 0) is 11.3 Å². The normalized spacial score (nSPS) is 14.7. The van der Waals surface area contributed by atoms with Gasteiger partial charge in [0, 0.05) is 12.5 Å². The van der Waals surface area contributed by atoms with Gasteiger partial charge in [-0.25, -0.2) is 0 Å². The van der Waals surface area contributed by atoms with Crippen molar-refractivity contribution >= 4 is 0 Å². The van der Waals surface area contributed by atoms with Crippen molar-refractivity contribution in [3.8, 4) is 0 Å². The standard InChI is InChI=1S/C13H20O3/c1-11(13(15)7-8-14)9-16-10-12-5-3-2-4-6-12/h2-6,11,13-15H,7-10H2,1H3/t11-,13-/m1/s1. The number of aliphatic hydroxyl groups excluding tert-OH is 2. The maximum atomic E-state index is 9.57. The average molecular weight is 224 g/mol. The lowest BCUT2D eigenvalue weighted by molar-refractivity contribution is 0.0182. The van der Waals surface area contributed by atoms with Gasteiger partial charge in [-0.05, 0) is 12.0 Å². The molecule has 3 heteroatoms. The third-order valence-corrected chi connectivity index (χ3v) is 2.57. The summed E-state index contributed by atoms with van der Waals surface area (Å²) in [6, 6.07) is 9.94. The van der Waals surface area contributed by atoms with E-state index < -0.39 is 6.10 Å². The highest BCUT2D eigenvalue weighted by atomic mass is 16.5. The Morgan fingerprint density at radius 1 is 1.25 bits per heavy atom. The Balaban J connectivity index is 2.20. The monoisotopic (exact) mass is 224 g/mol. The Morgan fingerprint density at radius 3 is 2.56 bits per heavy atom. The molecule has 0 aliphatic carbocycles. The smallest absolute Gasteiger partial charge is 0.0717 e. The van der Waals surface area contributed by atoms with Crippen LogP contribution in [0.15, 0.2) is 30.3 Å². The van der Waals surface area contributed by atoms with E-state index in [1.54, 1.807) is 0 Å². The second-order valence-corrected chi connectivity index (χ2v) is 4.06. The molecule has 16 heavy (non-hydrogen) atoms. The van der Waals surface area contributed by atoms with Crippen LogP contribution in [0, 0.1) is 5.92 Å². The summed E-state index contributed by atoms with van der Waals surface area (Å²) in [5, 5.41) is 18.3. The first-order valence-electron chi connectivity index (χ1n) is 5.64. The van der Waals surface area contributed by atoms with Gasteiger partial charge in [0.2, 0.25) is 0 Å². The molecule has 1 aromatic rings. The Kier molecular flexibility index (Phi) is 6.08. The fourth-order valence-corrected chi connectivity index (χ4v) is 1.46. The first-order valence-corrected chi connectivity index (χ1v) is 5.64. The lowest BCUT2D eigenvalue weighted by Crippen LogP contribution is -2.23. The number of ether oxygens (including phenoxy) is 1. The largest absolute Gasteiger partial charge is 0.396 e. The van der Waals surface area contributed by atoms with Crippen molar-refractivity contribution in [3.63, 3.8) is 0 Å². The summed E-state index contributed by atoms with van der Waals surface area (Å²) in [6.45, 7) is 3.02. The van der Waals surface area contributed by atoms with Crippen LogP contribution in [0.5, 0.6) is 0 Å². The van der Waals surface area contributed by atoms with E-state index in [2.05, 4.69) is 0 Å². The van der Waals surface area contributed by atoms with Crippen LogP contribution in [0.3, 0.4) is 0 Å². The molecule has 0 fully saturated rings. The number of rotatable bonds is 7. The number of aliphatic hydroxyl groups is 2. The molecule has 0 amide bonds. The highest BCUT2D eigenvalue weighted by Crippen LogP contribution is 2.09. The van der Waals surface area contributed by atoms with Gasteiger partial charge in [0.25, 0.3) is 0 Å². The Hall–Kier alpha value is -0.900. The predicted molar refractivity (Wildman–Crippen MR) is 63.0 cm³/mol. The van der Waals surface area contributed by atoms with E-state index in [4.69, 9.17) is 9.84 Å². The Morgan fingerprint density at radius 2 is 1.94 bits per heavy atom.